The highest BCUT2D eigenvalue weighted by Gasteiger charge is 2.30. The molecule has 0 unspecified atom stereocenters. The van der Waals surface area contributed by atoms with Crippen molar-refractivity contribution in [3.8, 4) is 16.9 Å². The summed E-state index contributed by atoms with van der Waals surface area (Å²) in [6.07, 6.45) is 8.30. The number of piperazine rings is 1. The van der Waals surface area contributed by atoms with Gasteiger partial charge in [0.25, 0.3) is 0 Å². The smallest absolute Gasteiger partial charge is 0.319 e. The number of nitrogens with two attached hydrogens (primary N) is 1. The van der Waals surface area contributed by atoms with Crippen molar-refractivity contribution < 1.29 is 9.53 Å². The number of hydrogen-bond acceptors (Lipinski definition) is 7. The Morgan fingerprint density at radius 2 is 1.74 bits per heavy atom. The first-order valence-corrected chi connectivity index (χ1v) is 14.8. The van der Waals surface area contributed by atoms with Gasteiger partial charge in [-0.25, -0.2) is 14.8 Å². The van der Waals surface area contributed by atoms with Gasteiger partial charge in [0.1, 0.15) is 23.5 Å². The number of nitrogen functional groups attached to an aromatic ring is 1. The largest absolute Gasteiger partial charge is 0.495 e. The van der Waals surface area contributed by atoms with Gasteiger partial charge in [-0.3, -0.25) is 4.90 Å². The summed E-state index contributed by atoms with van der Waals surface area (Å²) in [6, 6.07) is 16.3. The molecule has 220 valence electrons. The average molecular weight is 569 g/mol. The molecule has 4 aromatic rings. The molecule has 2 amide bonds. The number of anilines is 2. The second kappa shape index (κ2) is 12.4. The summed E-state index contributed by atoms with van der Waals surface area (Å²) in [5, 5.41) is 6.66. The Hall–Kier alpha value is -4.15. The number of urea groups is 1. The van der Waals surface area contributed by atoms with Gasteiger partial charge in [0, 0.05) is 56.6 Å². The predicted octanol–water partition coefficient (Wildman–Crippen LogP) is 4.74. The summed E-state index contributed by atoms with van der Waals surface area (Å²) in [5.41, 5.74) is 10.8. The van der Waals surface area contributed by atoms with Crippen molar-refractivity contribution in [3.05, 3.63) is 66.6 Å². The Morgan fingerprint density at radius 1 is 1.00 bits per heavy atom. The molecule has 2 fully saturated rings. The van der Waals surface area contributed by atoms with E-state index in [1.165, 1.54) is 12.8 Å². The first-order valence-electron chi connectivity index (χ1n) is 14.8. The lowest BCUT2D eigenvalue weighted by Crippen LogP contribution is -2.49. The number of hydrogen-bond donors (Lipinski definition) is 3. The highest BCUT2D eigenvalue weighted by atomic mass is 16.5. The molecule has 0 radical (unpaired) electrons. The number of nitrogens with zero attached hydrogens (tertiary/aromatic N) is 5. The normalized spacial score (nSPS) is 20.0. The van der Waals surface area contributed by atoms with Crippen molar-refractivity contribution in [2.24, 2.45) is 0 Å². The van der Waals surface area contributed by atoms with Crippen LogP contribution >= 0.6 is 0 Å². The molecule has 2 aromatic heterocycles. The zero-order valence-electron chi connectivity index (χ0n) is 24.4. The Balaban J connectivity index is 1.21. The second-order valence-electron chi connectivity index (χ2n) is 11.4. The molecular weight excluding hydrogens is 528 g/mol. The Labute approximate surface area is 246 Å². The molecular formula is C32H40N8O2. The summed E-state index contributed by atoms with van der Waals surface area (Å²) in [5.74, 6) is 1.02. The number of carbonyl (C=O) groups is 1. The van der Waals surface area contributed by atoms with Crippen molar-refractivity contribution in [1.29, 1.82) is 0 Å². The van der Waals surface area contributed by atoms with E-state index in [1.807, 2.05) is 48.5 Å². The van der Waals surface area contributed by atoms with Crippen LogP contribution in [-0.4, -0.2) is 76.7 Å². The summed E-state index contributed by atoms with van der Waals surface area (Å²) in [4.78, 5) is 26.7. The lowest BCUT2D eigenvalue weighted by Gasteiger charge is -2.41. The number of likely N-dealkylation sites (N-methyl/N-ethyl adjacent to an activating group) is 1. The fourth-order valence-electron chi connectivity index (χ4n) is 6.40. The molecule has 4 N–H and O–H groups in total. The molecule has 0 spiro atoms. The summed E-state index contributed by atoms with van der Waals surface area (Å²) >= 11 is 0. The SMILES string of the molecule is COc1cc(-c2cn(C3CCC(N4CCN(C)CC4)CC3)c3ncnc(N)c23)ccc1NC(=O)NCc1ccccc1. The van der Waals surface area contributed by atoms with E-state index in [1.54, 1.807) is 13.4 Å². The highest BCUT2D eigenvalue weighted by molar-refractivity contribution is 6.01. The lowest BCUT2D eigenvalue weighted by atomic mass is 9.89. The number of nitrogens with one attached hydrogen (secondary N) is 2. The number of amides is 2. The van der Waals surface area contributed by atoms with Crippen molar-refractivity contribution >= 4 is 28.6 Å². The number of carbonyl (C=O) groups excluding carboxylic acids is 1. The topological polar surface area (TPSA) is 114 Å². The van der Waals surface area contributed by atoms with E-state index < -0.39 is 0 Å². The van der Waals surface area contributed by atoms with Crippen LogP contribution < -0.4 is 21.1 Å². The third-order valence-electron chi connectivity index (χ3n) is 8.81. The summed E-state index contributed by atoms with van der Waals surface area (Å²) in [7, 11) is 3.81. The number of fused-ring (bicyclic) bond motifs is 1. The number of ether oxygens (including phenoxy) is 1. The molecule has 6 rings (SSSR count). The molecule has 0 bridgehead atoms. The fraction of sp³-hybridized carbons (Fsp3) is 0.406. The summed E-state index contributed by atoms with van der Waals surface area (Å²) < 4.78 is 8.00. The molecule has 10 nitrogen and oxygen atoms in total. The third-order valence-corrected chi connectivity index (χ3v) is 8.81. The van der Waals surface area contributed by atoms with E-state index in [0.29, 0.717) is 35.9 Å². The molecule has 42 heavy (non-hydrogen) atoms. The molecule has 2 aromatic carbocycles. The van der Waals surface area contributed by atoms with Crippen molar-refractivity contribution in [3.63, 3.8) is 0 Å². The molecule has 1 saturated heterocycles. The van der Waals surface area contributed by atoms with Gasteiger partial charge in [0.05, 0.1) is 18.2 Å². The number of rotatable bonds is 7. The molecule has 10 heteroatoms. The Bertz CT molecular complexity index is 1520. The Morgan fingerprint density at radius 3 is 2.48 bits per heavy atom. The molecule has 2 aliphatic rings. The van der Waals surface area contributed by atoms with Crippen LogP contribution in [-0.2, 0) is 6.54 Å². The first kappa shape index (κ1) is 28.0. The maximum absolute atomic E-state index is 12.6. The van der Waals surface area contributed by atoms with E-state index in [2.05, 4.69) is 48.2 Å². The zero-order valence-corrected chi connectivity index (χ0v) is 24.4. The minimum absolute atomic E-state index is 0.300. The average Bonchev–Trinajstić information content (AvgIpc) is 3.42. The van der Waals surface area contributed by atoms with Gasteiger partial charge in [0.15, 0.2) is 0 Å². The maximum Gasteiger partial charge on any atom is 0.319 e. The van der Waals surface area contributed by atoms with Gasteiger partial charge >= 0.3 is 6.03 Å². The van der Waals surface area contributed by atoms with E-state index in [0.717, 1.165) is 66.7 Å². The van der Waals surface area contributed by atoms with Gasteiger partial charge in [0.2, 0.25) is 0 Å². The number of aromatic nitrogens is 3. The minimum atomic E-state index is -0.300. The van der Waals surface area contributed by atoms with Crippen LogP contribution in [0.15, 0.2) is 61.1 Å². The predicted molar refractivity (Wildman–Crippen MR) is 167 cm³/mol. The van der Waals surface area contributed by atoms with Crippen LogP contribution in [0.25, 0.3) is 22.2 Å². The van der Waals surface area contributed by atoms with E-state index in [4.69, 9.17) is 10.5 Å². The van der Waals surface area contributed by atoms with Gasteiger partial charge in [-0.1, -0.05) is 36.4 Å². The monoisotopic (exact) mass is 568 g/mol. The van der Waals surface area contributed by atoms with Crippen LogP contribution in [0, 0.1) is 0 Å². The first-order chi connectivity index (χ1) is 20.5. The van der Waals surface area contributed by atoms with Crippen molar-refractivity contribution in [2.75, 3.05) is 51.4 Å². The van der Waals surface area contributed by atoms with Crippen LogP contribution in [0.2, 0.25) is 0 Å². The molecule has 1 aliphatic carbocycles. The van der Waals surface area contributed by atoms with Gasteiger partial charge in [-0.05, 0) is 56.0 Å². The van der Waals surface area contributed by atoms with Gasteiger partial charge in [-0.15, -0.1) is 0 Å². The lowest BCUT2D eigenvalue weighted by molar-refractivity contribution is 0.0828. The van der Waals surface area contributed by atoms with Crippen molar-refractivity contribution in [1.82, 2.24) is 29.7 Å². The van der Waals surface area contributed by atoms with Crippen LogP contribution in [0.3, 0.4) is 0 Å². The van der Waals surface area contributed by atoms with E-state index in [-0.39, 0.29) is 6.03 Å². The second-order valence-corrected chi connectivity index (χ2v) is 11.4. The molecule has 1 aliphatic heterocycles. The van der Waals surface area contributed by atoms with Crippen LogP contribution in [0.5, 0.6) is 5.75 Å². The molecule has 3 heterocycles. The number of methoxy groups -OCH3 is 1. The molecule has 0 atom stereocenters. The maximum atomic E-state index is 12.6. The van der Waals surface area contributed by atoms with E-state index >= 15 is 0 Å². The fourth-order valence-corrected chi connectivity index (χ4v) is 6.40. The quantitative estimate of drug-likeness (QED) is 0.295. The standard InChI is InChI=1S/C32H40N8O2/c1-38-14-16-39(17-15-38)24-9-11-25(12-10-24)40-20-26(29-30(33)35-21-36-31(29)40)23-8-13-27(28(18-23)42-2)37-32(41)34-19-22-6-4-3-5-7-22/h3-8,13,18,20-21,24-25H,9-12,14-17,19H2,1-2H3,(H2,33,35,36)(H2,34,37,41). The van der Waals surface area contributed by atoms with Crippen molar-refractivity contribution in [2.45, 2.75) is 44.3 Å². The van der Waals surface area contributed by atoms with E-state index in [9.17, 15) is 4.79 Å². The van der Waals surface area contributed by atoms with Gasteiger partial charge < -0.3 is 30.6 Å². The third kappa shape index (κ3) is 5.91. The van der Waals surface area contributed by atoms with Gasteiger partial charge in [-0.2, -0.15) is 0 Å². The van der Waals surface area contributed by atoms with Crippen LogP contribution in [0.4, 0.5) is 16.3 Å². The summed E-state index contributed by atoms with van der Waals surface area (Å²) in [6.45, 7) is 5.06. The highest BCUT2D eigenvalue weighted by Crippen LogP contribution is 2.40. The Kier molecular flexibility index (Phi) is 8.25. The van der Waals surface area contributed by atoms with Crippen LogP contribution in [0.1, 0.15) is 37.3 Å². The molecule has 1 saturated carbocycles. The minimum Gasteiger partial charge on any atom is -0.495 e. The number of benzene rings is 2. The zero-order chi connectivity index (χ0) is 29.1.